The number of nitrogens with zero attached hydrogens (tertiary/aromatic N) is 2. The monoisotopic (exact) mass is 393 g/mol. The number of aromatic nitrogens is 2. The molecular formula is C17H20BrN3O3. The molecule has 2 aromatic rings. The van der Waals surface area contributed by atoms with Gasteiger partial charge in [0.2, 0.25) is 0 Å². The first kappa shape index (κ1) is 18.2. The molecule has 2 rings (SSSR count). The van der Waals surface area contributed by atoms with Gasteiger partial charge in [-0.25, -0.2) is 9.48 Å². The minimum Gasteiger partial charge on any atom is -0.480 e. The average Bonchev–Trinajstić information content (AvgIpc) is 2.92. The van der Waals surface area contributed by atoms with Crippen LogP contribution in [0.25, 0.3) is 5.69 Å². The summed E-state index contributed by atoms with van der Waals surface area (Å²) >= 11 is 3.41. The summed E-state index contributed by atoms with van der Waals surface area (Å²) in [6.45, 7) is 3.76. The lowest BCUT2D eigenvalue weighted by atomic mass is 10.1. The second-order valence-corrected chi connectivity index (χ2v) is 6.46. The van der Waals surface area contributed by atoms with E-state index in [0.717, 1.165) is 23.0 Å². The summed E-state index contributed by atoms with van der Waals surface area (Å²) in [6.07, 6.45) is 3.49. The van der Waals surface area contributed by atoms with Crippen LogP contribution < -0.4 is 5.32 Å². The van der Waals surface area contributed by atoms with Crippen LogP contribution in [0, 0.1) is 6.92 Å². The molecule has 6 nitrogen and oxygen atoms in total. The SMILES string of the molecule is CCCC[C@H](NC(=O)c1cnn(-c2cccc(Br)c2)c1C)C(=O)O. The van der Waals surface area contributed by atoms with Crippen LogP contribution in [-0.2, 0) is 4.79 Å². The van der Waals surface area contributed by atoms with Crippen LogP contribution in [0.2, 0.25) is 0 Å². The number of rotatable bonds is 7. The molecule has 1 heterocycles. The van der Waals surface area contributed by atoms with E-state index < -0.39 is 17.9 Å². The van der Waals surface area contributed by atoms with Crippen molar-refractivity contribution in [2.75, 3.05) is 0 Å². The van der Waals surface area contributed by atoms with Crippen molar-refractivity contribution in [3.05, 3.63) is 46.2 Å². The van der Waals surface area contributed by atoms with Gasteiger partial charge in [0.15, 0.2) is 0 Å². The molecule has 2 N–H and O–H groups in total. The number of hydrogen-bond acceptors (Lipinski definition) is 3. The Balaban J connectivity index is 2.20. The number of benzene rings is 1. The van der Waals surface area contributed by atoms with Crippen molar-refractivity contribution in [3.63, 3.8) is 0 Å². The highest BCUT2D eigenvalue weighted by Crippen LogP contribution is 2.18. The van der Waals surface area contributed by atoms with E-state index in [1.54, 1.807) is 11.6 Å². The van der Waals surface area contributed by atoms with Gasteiger partial charge in [-0.15, -0.1) is 0 Å². The molecule has 1 atom stereocenters. The van der Waals surface area contributed by atoms with Crippen molar-refractivity contribution in [1.29, 1.82) is 0 Å². The van der Waals surface area contributed by atoms with Crippen LogP contribution in [0.1, 0.15) is 42.2 Å². The molecule has 128 valence electrons. The number of carboxylic acid groups (broad SMARTS) is 1. The van der Waals surface area contributed by atoms with E-state index >= 15 is 0 Å². The van der Waals surface area contributed by atoms with Gasteiger partial charge < -0.3 is 10.4 Å². The Morgan fingerprint density at radius 2 is 2.17 bits per heavy atom. The van der Waals surface area contributed by atoms with Crippen LogP contribution in [0.4, 0.5) is 0 Å². The van der Waals surface area contributed by atoms with Gasteiger partial charge in [0.1, 0.15) is 6.04 Å². The zero-order chi connectivity index (χ0) is 17.7. The van der Waals surface area contributed by atoms with E-state index in [4.69, 9.17) is 0 Å². The molecule has 0 aliphatic heterocycles. The largest absolute Gasteiger partial charge is 0.480 e. The summed E-state index contributed by atoms with van der Waals surface area (Å²) < 4.78 is 2.56. The number of carboxylic acids is 1. The van der Waals surface area contributed by atoms with Crippen molar-refractivity contribution in [2.45, 2.75) is 39.2 Å². The number of aliphatic carboxylic acids is 1. The van der Waals surface area contributed by atoms with Gasteiger partial charge in [0.05, 0.1) is 23.1 Å². The van der Waals surface area contributed by atoms with E-state index in [2.05, 4.69) is 26.3 Å². The van der Waals surface area contributed by atoms with Crippen molar-refractivity contribution >= 4 is 27.8 Å². The number of nitrogens with one attached hydrogen (secondary N) is 1. The van der Waals surface area contributed by atoms with Gasteiger partial charge in [-0.2, -0.15) is 5.10 Å². The zero-order valence-electron chi connectivity index (χ0n) is 13.6. The normalized spacial score (nSPS) is 12.0. The smallest absolute Gasteiger partial charge is 0.326 e. The van der Waals surface area contributed by atoms with Crippen LogP contribution >= 0.6 is 15.9 Å². The molecule has 1 aromatic heterocycles. The molecule has 0 bridgehead atoms. The highest BCUT2D eigenvalue weighted by molar-refractivity contribution is 9.10. The standard InChI is InChI=1S/C17H20BrN3O3/c1-3-4-8-15(17(23)24)20-16(22)14-10-19-21(11(14)2)13-7-5-6-12(18)9-13/h5-7,9-10,15H,3-4,8H2,1-2H3,(H,20,22)(H,23,24)/t15-/m0/s1. The maximum Gasteiger partial charge on any atom is 0.326 e. The molecule has 7 heteroatoms. The Morgan fingerprint density at radius 1 is 1.42 bits per heavy atom. The van der Waals surface area contributed by atoms with Crippen LogP contribution in [-0.4, -0.2) is 32.8 Å². The highest BCUT2D eigenvalue weighted by atomic mass is 79.9. The lowest BCUT2D eigenvalue weighted by molar-refractivity contribution is -0.139. The number of carbonyl (C=O) groups is 2. The van der Waals surface area contributed by atoms with Gasteiger partial charge in [-0.05, 0) is 31.5 Å². The number of amides is 1. The third kappa shape index (κ3) is 4.23. The predicted molar refractivity (Wildman–Crippen MR) is 94.4 cm³/mol. The zero-order valence-corrected chi connectivity index (χ0v) is 15.2. The van der Waals surface area contributed by atoms with Crippen molar-refractivity contribution < 1.29 is 14.7 Å². The molecule has 1 amide bonds. The molecule has 0 saturated carbocycles. The van der Waals surface area contributed by atoms with Gasteiger partial charge in [-0.3, -0.25) is 4.79 Å². The summed E-state index contributed by atoms with van der Waals surface area (Å²) in [5, 5.41) is 16.1. The van der Waals surface area contributed by atoms with E-state index in [1.165, 1.54) is 6.20 Å². The Morgan fingerprint density at radius 3 is 2.79 bits per heavy atom. The molecular weight excluding hydrogens is 374 g/mol. The Kier molecular flexibility index (Phi) is 6.14. The number of hydrogen-bond donors (Lipinski definition) is 2. The molecule has 0 fully saturated rings. The molecule has 0 aliphatic rings. The summed E-state index contributed by atoms with van der Waals surface area (Å²) in [5.74, 6) is -1.44. The molecule has 24 heavy (non-hydrogen) atoms. The van der Waals surface area contributed by atoms with E-state index in [9.17, 15) is 14.7 Å². The number of carbonyl (C=O) groups excluding carboxylic acids is 1. The average molecular weight is 394 g/mol. The Bertz CT molecular complexity index is 742. The Labute approximate surface area is 149 Å². The minimum absolute atomic E-state index is 0.373. The number of unbranched alkanes of at least 4 members (excludes halogenated alkanes) is 1. The summed E-state index contributed by atoms with van der Waals surface area (Å²) in [5.41, 5.74) is 1.85. The molecule has 0 saturated heterocycles. The predicted octanol–water partition coefficient (Wildman–Crippen LogP) is 3.32. The fourth-order valence-electron chi connectivity index (χ4n) is 2.40. The third-order valence-corrected chi connectivity index (χ3v) is 4.25. The first-order valence-corrected chi connectivity index (χ1v) is 8.57. The fourth-order valence-corrected chi connectivity index (χ4v) is 2.79. The first-order chi connectivity index (χ1) is 11.4. The highest BCUT2D eigenvalue weighted by Gasteiger charge is 2.22. The molecule has 0 radical (unpaired) electrons. The molecule has 0 aliphatic carbocycles. The van der Waals surface area contributed by atoms with Crippen LogP contribution in [0.5, 0.6) is 0 Å². The fraction of sp³-hybridized carbons (Fsp3) is 0.353. The second-order valence-electron chi connectivity index (χ2n) is 5.54. The topological polar surface area (TPSA) is 84.2 Å². The Hall–Kier alpha value is -2.15. The van der Waals surface area contributed by atoms with Crippen LogP contribution in [0.3, 0.4) is 0 Å². The third-order valence-electron chi connectivity index (χ3n) is 3.76. The first-order valence-electron chi connectivity index (χ1n) is 7.78. The van der Waals surface area contributed by atoms with Gasteiger partial charge in [0.25, 0.3) is 5.91 Å². The molecule has 0 unspecified atom stereocenters. The molecule has 0 spiro atoms. The van der Waals surface area contributed by atoms with Gasteiger partial charge in [0, 0.05) is 4.47 Å². The minimum atomic E-state index is -1.02. The summed E-state index contributed by atoms with van der Waals surface area (Å²) in [4.78, 5) is 23.7. The van der Waals surface area contributed by atoms with Crippen molar-refractivity contribution in [2.24, 2.45) is 0 Å². The van der Waals surface area contributed by atoms with Gasteiger partial charge in [-0.1, -0.05) is 41.8 Å². The van der Waals surface area contributed by atoms with E-state index in [0.29, 0.717) is 17.7 Å². The van der Waals surface area contributed by atoms with Crippen molar-refractivity contribution in [1.82, 2.24) is 15.1 Å². The summed E-state index contributed by atoms with van der Waals surface area (Å²) in [7, 11) is 0. The van der Waals surface area contributed by atoms with Gasteiger partial charge >= 0.3 is 5.97 Å². The summed E-state index contributed by atoms with van der Waals surface area (Å²) in [6, 6.07) is 6.68. The molecule has 1 aromatic carbocycles. The second kappa shape index (κ2) is 8.10. The van der Waals surface area contributed by atoms with E-state index in [-0.39, 0.29) is 0 Å². The van der Waals surface area contributed by atoms with Crippen molar-refractivity contribution in [3.8, 4) is 5.69 Å². The maximum atomic E-state index is 12.4. The van der Waals surface area contributed by atoms with Crippen LogP contribution in [0.15, 0.2) is 34.9 Å². The lowest BCUT2D eigenvalue weighted by Gasteiger charge is -2.14. The number of halogens is 1. The lowest BCUT2D eigenvalue weighted by Crippen LogP contribution is -2.40. The van der Waals surface area contributed by atoms with E-state index in [1.807, 2.05) is 31.2 Å². The quantitative estimate of drug-likeness (QED) is 0.755. The maximum absolute atomic E-state index is 12.4.